The number of methoxy groups -OCH3 is 1. The number of aliphatic imine (C=N–C) groups is 1. The van der Waals surface area contributed by atoms with Crippen molar-refractivity contribution in [3.8, 4) is 5.88 Å². The van der Waals surface area contributed by atoms with Gasteiger partial charge in [-0.05, 0) is 29.7 Å². The number of benzene rings is 1. The van der Waals surface area contributed by atoms with Crippen molar-refractivity contribution >= 4 is 29.9 Å². The molecule has 0 aliphatic carbocycles. The highest BCUT2D eigenvalue weighted by molar-refractivity contribution is 14.0. The van der Waals surface area contributed by atoms with E-state index in [-0.39, 0.29) is 29.8 Å². The molecule has 0 unspecified atom stereocenters. The van der Waals surface area contributed by atoms with Crippen molar-refractivity contribution in [1.29, 1.82) is 0 Å². The lowest BCUT2D eigenvalue weighted by Crippen LogP contribution is -2.37. The molecule has 24 heavy (non-hydrogen) atoms. The quantitative estimate of drug-likeness (QED) is 0.409. The van der Waals surface area contributed by atoms with E-state index in [0.717, 1.165) is 17.5 Å². The smallest absolute Gasteiger partial charge is 0.212 e. The molecule has 0 bridgehead atoms. The summed E-state index contributed by atoms with van der Waals surface area (Å²) in [5.41, 5.74) is 2.11. The topological polar surface area (TPSA) is 58.5 Å². The molecule has 0 spiro atoms. The Morgan fingerprint density at radius 3 is 2.42 bits per heavy atom. The van der Waals surface area contributed by atoms with Crippen LogP contribution in [0.25, 0.3) is 0 Å². The second kappa shape index (κ2) is 10.8. The zero-order valence-corrected chi connectivity index (χ0v) is 16.1. The van der Waals surface area contributed by atoms with Gasteiger partial charge in [-0.1, -0.05) is 18.2 Å². The fourth-order valence-electron chi connectivity index (χ4n) is 2.02. The molecule has 0 radical (unpaired) electrons. The van der Waals surface area contributed by atoms with Crippen molar-refractivity contribution in [3.05, 3.63) is 59.5 Å². The summed E-state index contributed by atoms with van der Waals surface area (Å²) < 4.78 is 17.9. The van der Waals surface area contributed by atoms with Gasteiger partial charge in [-0.2, -0.15) is 0 Å². The molecule has 0 saturated heterocycles. The van der Waals surface area contributed by atoms with Gasteiger partial charge >= 0.3 is 0 Å². The first-order valence-corrected chi connectivity index (χ1v) is 7.39. The summed E-state index contributed by atoms with van der Waals surface area (Å²) in [6.45, 7) is 1.33. The highest BCUT2D eigenvalue weighted by Crippen LogP contribution is 2.06. The van der Waals surface area contributed by atoms with Crippen molar-refractivity contribution in [2.75, 3.05) is 20.7 Å². The highest BCUT2D eigenvalue weighted by atomic mass is 127. The maximum absolute atomic E-state index is 12.8. The van der Waals surface area contributed by atoms with Crippen LogP contribution in [0.4, 0.5) is 4.39 Å². The Kier molecular flexibility index (Phi) is 9.06. The Balaban J connectivity index is 0.00000288. The van der Waals surface area contributed by atoms with Gasteiger partial charge in [-0.3, -0.25) is 4.99 Å². The first-order chi connectivity index (χ1) is 11.2. The lowest BCUT2D eigenvalue weighted by Gasteiger charge is -2.12. The molecule has 2 aromatic rings. The van der Waals surface area contributed by atoms with Crippen LogP contribution in [0.3, 0.4) is 0 Å². The maximum atomic E-state index is 12.8. The van der Waals surface area contributed by atoms with E-state index in [0.29, 0.717) is 24.9 Å². The van der Waals surface area contributed by atoms with Gasteiger partial charge in [0.15, 0.2) is 5.96 Å². The summed E-state index contributed by atoms with van der Waals surface area (Å²) in [5, 5.41) is 6.44. The molecule has 130 valence electrons. The third-order valence-corrected chi connectivity index (χ3v) is 3.31. The predicted molar refractivity (Wildman–Crippen MR) is 105 cm³/mol. The largest absolute Gasteiger partial charge is 0.481 e. The number of guanidine groups is 1. The van der Waals surface area contributed by atoms with E-state index in [1.807, 2.05) is 12.1 Å². The standard InChI is InChI=1S/C17H21FN4O.HI/c1-19-17(20-10-9-13-3-6-15(18)7-4-13)22-12-14-5-8-16(23-2)21-11-14;/h3-8,11H,9-10,12H2,1-2H3,(H2,19,20,22);1H. The number of pyridine rings is 1. The van der Waals surface area contributed by atoms with E-state index < -0.39 is 0 Å². The molecule has 0 fully saturated rings. The number of nitrogens with one attached hydrogen (secondary N) is 2. The Hall–Kier alpha value is -1.90. The average Bonchev–Trinajstić information content (AvgIpc) is 2.60. The molecule has 1 heterocycles. The maximum Gasteiger partial charge on any atom is 0.212 e. The normalized spacial score (nSPS) is 10.7. The summed E-state index contributed by atoms with van der Waals surface area (Å²) in [6.07, 6.45) is 2.56. The summed E-state index contributed by atoms with van der Waals surface area (Å²) in [4.78, 5) is 8.33. The SMILES string of the molecule is CN=C(NCCc1ccc(F)cc1)NCc1ccc(OC)nc1.I. The van der Waals surface area contributed by atoms with Gasteiger partial charge < -0.3 is 15.4 Å². The van der Waals surface area contributed by atoms with Crippen LogP contribution in [-0.4, -0.2) is 31.6 Å². The van der Waals surface area contributed by atoms with Crippen molar-refractivity contribution in [3.63, 3.8) is 0 Å². The van der Waals surface area contributed by atoms with Crippen LogP contribution < -0.4 is 15.4 Å². The first kappa shape index (κ1) is 20.1. The molecule has 2 N–H and O–H groups in total. The number of hydrogen-bond donors (Lipinski definition) is 2. The Morgan fingerprint density at radius 1 is 1.12 bits per heavy atom. The molecule has 1 aromatic carbocycles. The summed E-state index contributed by atoms with van der Waals surface area (Å²) in [7, 11) is 3.31. The molecule has 0 aliphatic rings. The van der Waals surface area contributed by atoms with E-state index in [2.05, 4.69) is 20.6 Å². The van der Waals surface area contributed by atoms with E-state index >= 15 is 0 Å². The molecule has 2 rings (SSSR count). The summed E-state index contributed by atoms with van der Waals surface area (Å²) in [5.74, 6) is 1.09. The van der Waals surface area contributed by atoms with Crippen LogP contribution in [0.15, 0.2) is 47.6 Å². The highest BCUT2D eigenvalue weighted by Gasteiger charge is 2.00. The van der Waals surface area contributed by atoms with Crippen LogP contribution >= 0.6 is 24.0 Å². The third kappa shape index (κ3) is 6.69. The number of hydrogen-bond acceptors (Lipinski definition) is 3. The zero-order valence-electron chi connectivity index (χ0n) is 13.8. The van der Waals surface area contributed by atoms with Gasteiger partial charge in [0.2, 0.25) is 5.88 Å². The molecule has 5 nitrogen and oxygen atoms in total. The third-order valence-electron chi connectivity index (χ3n) is 3.31. The number of rotatable bonds is 6. The lowest BCUT2D eigenvalue weighted by molar-refractivity contribution is 0.397. The van der Waals surface area contributed by atoms with Gasteiger partial charge in [0.1, 0.15) is 5.82 Å². The van der Waals surface area contributed by atoms with E-state index in [1.165, 1.54) is 12.1 Å². The van der Waals surface area contributed by atoms with Gasteiger partial charge in [0, 0.05) is 32.4 Å². The number of nitrogens with zero attached hydrogens (tertiary/aromatic N) is 2. The van der Waals surface area contributed by atoms with Gasteiger partial charge in [0.25, 0.3) is 0 Å². The van der Waals surface area contributed by atoms with Crippen LogP contribution in [0.1, 0.15) is 11.1 Å². The Bertz CT molecular complexity index is 632. The monoisotopic (exact) mass is 444 g/mol. The van der Waals surface area contributed by atoms with Gasteiger partial charge in [-0.25, -0.2) is 9.37 Å². The summed E-state index contributed by atoms with van der Waals surface area (Å²) in [6, 6.07) is 10.3. The predicted octanol–water partition coefficient (Wildman–Crippen LogP) is 2.76. The number of halogens is 2. The van der Waals surface area contributed by atoms with Crippen molar-refractivity contribution in [2.45, 2.75) is 13.0 Å². The average molecular weight is 444 g/mol. The van der Waals surface area contributed by atoms with Crippen molar-refractivity contribution < 1.29 is 9.13 Å². The lowest BCUT2D eigenvalue weighted by atomic mass is 10.1. The number of ether oxygens (including phenoxy) is 1. The van der Waals surface area contributed by atoms with Crippen LogP contribution in [0.2, 0.25) is 0 Å². The van der Waals surface area contributed by atoms with E-state index in [4.69, 9.17) is 4.74 Å². The van der Waals surface area contributed by atoms with E-state index in [9.17, 15) is 4.39 Å². The fourth-order valence-corrected chi connectivity index (χ4v) is 2.02. The van der Waals surface area contributed by atoms with E-state index in [1.54, 1.807) is 32.5 Å². The molecular formula is C17H22FIN4O. The molecule has 7 heteroatoms. The first-order valence-electron chi connectivity index (χ1n) is 7.39. The minimum Gasteiger partial charge on any atom is -0.481 e. The zero-order chi connectivity index (χ0) is 16.5. The second-order valence-corrected chi connectivity index (χ2v) is 4.94. The summed E-state index contributed by atoms with van der Waals surface area (Å²) >= 11 is 0. The Labute approximate surface area is 158 Å². The molecule has 0 amide bonds. The molecule has 0 atom stereocenters. The molecule has 1 aromatic heterocycles. The van der Waals surface area contributed by atoms with Crippen LogP contribution in [0.5, 0.6) is 5.88 Å². The van der Waals surface area contributed by atoms with Crippen LogP contribution in [0, 0.1) is 5.82 Å². The number of aromatic nitrogens is 1. The van der Waals surface area contributed by atoms with Crippen LogP contribution in [-0.2, 0) is 13.0 Å². The molecule has 0 saturated carbocycles. The fraction of sp³-hybridized carbons (Fsp3) is 0.294. The minimum atomic E-state index is -0.215. The molecular weight excluding hydrogens is 422 g/mol. The van der Waals surface area contributed by atoms with Crippen molar-refractivity contribution in [1.82, 2.24) is 15.6 Å². The molecule has 0 aliphatic heterocycles. The second-order valence-electron chi connectivity index (χ2n) is 4.94. The minimum absolute atomic E-state index is 0. The van der Waals surface area contributed by atoms with Crippen molar-refractivity contribution in [2.24, 2.45) is 4.99 Å². The van der Waals surface area contributed by atoms with Gasteiger partial charge in [0.05, 0.1) is 7.11 Å². The van der Waals surface area contributed by atoms with Gasteiger partial charge in [-0.15, -0.1) is 24.0 Å². The Morgan fingerprint density at radius 2 is 1.83 bits per heavy atom.